The number of ether oxygens (including phenoxy) is 2. The van der Waals surface area contributed by atoms with Gasteiger partial charge in [-0.2, -0.15) is 0 Å². The molecule has 1 aromatic carbocycles. The summed E-state index contributed by atoms with van der Waals surface area (Å²) in [6, 6.07) is 5.95. The largest absolute Gasteiger partial charge is 0.382 e. The lowest BCUT2D eigenvalue weighted by Gasteiger charge is -2.32. The van der Waals surface area contributed by atoms with Crippen molar-refractivity contribution in [1.82, 2.24) is 14.5 Å². The first-order valence-electron chi connectivity index (χ1n) is 8.68. The van der Waals surface area contributed by atoms with E-state index in [1.807, 2.05) is 40.8 Å². The van der Waals surface area contributed by atoms with Crippen LogP contribution in [0, 0.1) is 6.92 Å². The number of aryl methyl sites for hydroxylation is 1. The molecule has 3 rings (SSSR count). The Morgan fingerprint density at radius 3 is 2.76 bits per heavy atom. The number of piperidine rings is 1. The Labute approximate surface area is 148 Å². The van der Waals surface area contributed by atoms with Crippen LogP contribution in [0.25, 0.3) is 5.69 Å². The summed E-state index contributed by atoms with van der Waals surface area (Å²) in [7, 11) is 1.67. The second-order valence-electron chi connectivity index (χ2n) is 6.35. The summed E-state index contributed by atoms with van der Waals surface area (Å²) in [6.07, 6.45) is 7.24. The topological polar surface area (TPSA) is 56.6 Å². The van der Waals surface area contributed by atoms with Gasteiger partial charge in [0.1, 0.15) is 0 Å². The number of nitrogens with zero attached hydrogens (tertiary/aromatic N) is 3. The van der Waals surface area contributed by atoms with Crippen molar-refractivity contribution in [2.24, 2.45) is 0 Å². The van der Waals surface area contributed by atoms with Gasteiger partial charge in [0, 0.05) is 32.6 Å². The number of likely N-dealkylation sites (tertiary alicyclic amines) is 1. The van der Waals surface area contributed by atoms with Crippen molar-refractivity contribution in [1.29, 1.82) is 0 Å². The van der Waals surface area contributed by atoms with Crippen LogP contribution in [0.3, 0.4) is 0 Å². The fourth-order valence-electron chi connectivity index (χ4n) is 3.14. The Kier molecular flexibility index (Phi) is 5.83. The van der Waals surface area contributed by atoms with Gasteiger partial charge in [0.05, 0.1) is 36.9 Å². The number of amides is 1. The molecule has 2 heterocycles. The summed E-state index contributed by atoms with van der Waals surface area (Å²) in [5.41, 5.74) is 2.66. The van der Waals surface area contributed by atoms with Crippen LogP contribution in [0.5, 0.6) is 0 Å². The number of hydrogen-bond donors (Lipinski definition) is 0. The molecule has 1 amide bonds. The van der Waals surface area contributed by atoms with E-state index in [-0.39, 0.29) is 12.0 Å². The molecule has 6 heteroatoms. The van der Waals surface area contributed by atoms with Gasteiger partial charge in [0.15, 0.2) is 0 Å². The van der Waals surface area contributed by atoms with Gasteiger partial charge >= 0.3 is 0 Å². The number of carbonyl (C=O) groups is 1. The molecule has 0 unspecified atom stereocenters. The highest BCUT2D eigenvalue weighted by Crippen LogP contribution is 2.21. The first kappa shape index (κ1) is 17.6. The zero-order chi connectivity index (χ0) is 17.6. The molecule has 1 aliphatic rings. The Morgan fingerprint density at radius 2 is 2.08 bits per heavy atom. The maximum absolute atomic E-state index is 13.1. The summed E-state index contributed by atoms with van der Waals surface area (Å²) in [4.78, 5) is 19.1. The molecule has 0 radical (unpaired) electrons. The number of imidazole rings is 1. The molecule has 1 aliphatic heterocycles. The van der Waals surface area contributed by atoms with Gasteiger partial charge < -0.3 is 18.9 Å². The molecule has 6 nitrogen and oxygen atoms in total. The predicted octanol–water partition coefficient (Wildman–Crippen LogP) is 2.45. The summed E-state index contributed by atoms with van der Waals surface area (Å²) in [5, 5.41) is 0. The fraction of sp³-hybridized carbons (Fsp3) is 0.474. The van der Waals surface area contributed by atoms with Gasteiger partial charge in [-0.25, -0.2) is 4.98 Å². The number of methoxy groups -OCH3 is 1. The van der Waals surface area contributed by atoms with Crippen molar-refractivity contribution in [3.63, 3.8) is 0 Å². The first-order valence-corrected chi connectivity index (χ1v) is 8.68. The second kappa shape index (κ2) is 8.27. The molecule has 1 fully saturated rings. The fourth-order valence-corrected chi connectivity index (χ4v) is 3.14. The van der Waals surface area contributed by atoms with Crippen molar-refractivity contribution >= 4 is 5.91 Å². The molecular formula is C19H25N3O3. The van der Waals surface area contributed by atoms with E-state index in [0.717, 1.165) is 29.7 Å². The molecule has 0 aliphatic carbocycles. The molecule has 1 aromatic heterocycles. The van der Waals surface area contributed by atoms with Crippen LogP contribution < -0.4 is 0 Å². The minimum atomic E-state index is 0.0720. The molecule has 0 bridgehead atoms. The minimum Gasteiger partial charge on any atom is -0.382 e. The molecular weight excluding hydrogens is 318 g/mol. The highest BCUT2D eigenvalue weighted by molar-refractivity contribution is 5.98. The van der Waals surface area contributed by atoms with E-state index in [9.17, 15) is 4.79 Å². The third-order valence-corrected chi connectivity index (χ3v) is 4.54. The van der Waals surface area contributed by atoms with Gasteiger partial charge in [-0.05, 0) is 31.9 Å². The van der Waals surface area contributed by atoms with Crippen LogP contribution in [0.15, 0.2) is 36.9 Å². The van der Waals surface area contributed by atoms with Crippen molar-refractivity contribution in [3.05, 3.63) is 48.0 Å². The zero-order valence-electron chi connectivity index (χ0n) is 14.9. The minimum absolute atomic E-state index is 0.0720. The SMILES string of the molecule is COCCOC1CCN(C(=O)c2cc(C)ccc2-n2ccnc2)CC1. The monoisotopic (exact) mass is 343 g/mol. The second-order valence-corrected chi connectivity index (χ2v) is 6.35. The highest BCUT2D eigenvalue weighted by atomic mass is 16.5. The van der Waals surface area contributed by atoms with Gasteiger partial charge in [-0.3, -0.25) is 4.79 Å². The summed E-state index contributed by atoms with van der Waals surface area (Å²) in [5.74, 6) is 0.0720. The summed E-state index contributed by atoms with van der Waals surface area (Å²) >= 11 is 0. The molecule has 2 aromatic rings. The van der Waals surface area contributed by atoms with E-state index in [0.29, 0.717) is 26.3 Å². The van der Waals surface area contributed by atoms with Gasteiger partial charge in [0.2, 0.25) is 0 Å². The lowest BCUT2D eigenvalue weighted by Crippen LogP contribution is -2.41. The summed E-state index contributed by atoms with van der Waals surface area (Å²) < 4.78 is 12.7. The van der Waals surface area contributed by atoms with Gasteiger partial charge in [0.25, 0.3) is 5.91 Å². The molecule has 0 atom stereocenters. The standard InChI is InChI=1S/C19H25N3O3/c1-15-3-4-18(22-10-7-20-14-22)17(13-15)19(23)21-8-5-16(6-9-21)25-12-11-24-2/h3-4,7,10,13-14,16H,5-6,8-9,11-12H2,1-2H3. The average molecular weight is 343 g/mol. The van der Waals surface area contributed by atoms with Crippen LogP contribution in [0.4, 0.5) is 0 Å². The third kappa shape index (κ3) is 4.27. The molecule has 0 saturated carbocycles. The van der Waals surface area contributed by atoms with E-state index in [1.165, 1.54) is 0 Å². The van der Waals surface area contributed by atoms with Crippen LogP contribution in [0.1, 0.15) is 28.8 Å². The lowest BCUT2D eigenvalue weighted by molar-refractivity contribution is -0.0122. The normalized spacial score (nSPS) is 15.5. The van der Waals surface area contributed by atoms with E-state index in [1.54, 1.807) is 19.6 Å². The number of benzene rings is 1. The van der Waals surface area contributed by atoms with Gasteiger partial charge in [-0.15, -0.1) is 0 Å². The Balaban J connectivity index is 1.69. The van der Waals surface area contributed by atoms with Crippen molar-refractivity contribution in [2.75, 3.05) is 33.4 Å². The molecule has 25 heavy (non-hydrogen) atoms. The molecule has 0 N–H and O–H groups in total. The number of carbonyl (C=O) groups excluding carboxylic acids is 1. The predicted molar refractivity (Wildman–Crippen MR) is 95.1 cm³/mol. The maximum atomic E-state index is 13.1. The van der Waals surface area contributed by atoms with Crippen LogP contribution in [0.2, 0.25) is 0 Å². The third-order valence-electron chi connectivity index (χ3n) is 4.54. The number of rotatable bonds is 6. The van der Waals surface area contributed by atoms with E-state index in [2.05, 4.69) is 4.98 Å². The van der Waals surface area contributed by atoms with Crippen LogP contribution >= 0.6 is 0 Å². The lowest BCUT2D eigenvalue weighted by atomic mass is 10.0. The first-order chi connectivity index (χ1) is 12.2. The molecule has 134 valence electrons. The smallest absolute Gasteiger partial charge is 0.255 e. The Hall–Kier alpha value is -2.18. The van der Waals surface area contributed by atoms with E-state index < -0.39 is 0 Å². The van der Waals surface area contributed by atoms with Crippen molar-refractivity contribution in [3.8, 4) is 5.69 Å². The number of aromatic nitrogens is 2. The summed E-state index contributed by atoms with van der Waals surface area (Å²) in [6.45, 7) is 4.65. The molecule has 1 saturated heterocycles. The van der Waals surface area contributed by atoms with Gasteiger partial charge in [-0.1, -0.05) is 11.6 Å². The quantitative estimate of drug-likeness (QED) is 0.756. The Bertz CT molecular complexity index is 692. The van der Waals surface area contributed by atoms with E-state index >= 15 is 0 Å². The van der Waals surface area contributed by atoms with Crippen molar-refractivity contribution in [2.45, 2.75) is 25.9 Å². The van der Waals surface area contributed by atoms with Crippen molar-refractivity contribution < 1.29 is 14.3 Å². The number of hydrogen-bond acceptors (Lipinski definition) is 4. The average Bonchev–Trinajstić information content (AvgIpc) is 3.16. The van der Waals surface area contributed by atoms with E-state index in [4.69, 9.17) is 9.47 Å². The molecule has 0 spiro atoms. The van der Waals surface area contributed by atoms with Crippen LogP contribution in [-0.2, 0) is 9.47 Å². The maximum Gasteiger partial charge on any atom is 0.255 e. The zero-order valence-corrected chi connectivity index (χ0v) is 14.9. The highest BCUT2D eigenvalue weighted by Gasteiger charge is 2.25. The Morgan fingerprint density at radius 1 is 1.28 bits per heavy atom. The van der Waals surface area contributed by atoms with Crippen LogP contribution in [-0.4, -0.2) is 59.9 Å².